The van der Waals surface area contributed by atoms with Crippen LogP contribution in [0.25, 0.3) is 0 Å². The summed E-state index contributed by atoms with van der Waals surface area (Å²) >= 11 is 0. The van der Waals surface area contributed by atoms with Crippen molar-refractivity contribution in [3.63, 3.8) is 0 Å². The van der Waals surface area contributed by atoms with E-state index in [1.807, 2.05) is 0 Å². The zero-order valence-corrected chi connectivity index (χ0v) is 13.8. The Morgan fingerprint density at radius 1 is 1.12 bits per heavy atom. The number of anilines is 1. The van der Waals surface area contributed by atoms with Gasteiger partial charge in [0.1, 0.15) is 5.75 Å². The smallest absolute Gasteiger partial charge is 0.339 e. The molecule has 0 aliphatic carbocycles. The molecule has 0 radical (unpaired) electrons. The van der Waals surface area contributed by atoms with Crippen LogP contribution < -0.4 is 19.5 Å². The van der Waals surface area contributed by atoms with Crippen molar-refractivity contribution in [2.24, 2.45) is 0 Å². The van der Waals surface area contributed by atoms with Crippen LogP contribution in [0.15, 0.2) is 42.5 Å². The molecule has 0 fully saturated rings. The third-order valence-electron chi connectivity index (χ3n) is 3.63. The maximum Gasteiger partial charge on any atom is 0.339 e. The van der Waals surface area contributed by atoms with Crippen LogP contribution in [-0.4, -0.2) is 31.9 Å². The summed E-state index contributed by atoms with van der Waals surface area (Å²) in [6.07, 6.45) is -0.983. The van der Waals surface area contributed by atoms with E-state index in [9.17, 15) is 9.59 Å². The number of carbonyl (C=O) groups excluding carboxylic acids is 2. The van der Waals surface area contributed by atoms with E-state index in [4.69, 9.17) is 18.9 Å². The molecule has 1 N–H and O–H groups in total. The second-order valence-electron chi connectivity index (χ2n) is 5.31. The first-order valence-electron chi connectivity index (χ1n) is 7.63. The maximum atomic E-state index is 12.2. The van der Waals surface area contributed by atoms with Crippen LogP contribution in [0.2, 0.25) is 0 Å². The standard InChI is InChI=1S/C18H17NO6/c1-11(17(20)19-13-5-3-4-6-14(13)22-2)25-18(21)12-7-8-15-16(9-12)24-10-23-15/h3-9,11H,10H2,1-2H3,(H,19,20)/t11-/m1/s1. The number of para-hydroxylation sites is 2. The van der Waals surface area contributed by atoms with Gasteiger partial charge in [-0.05, 0) is 37.3 Å². The number of esters is 1. The summed E-state index contributed by atoms with van der Waals surface area (Å²) in [7, 11) is 1.51. The fourth-order valence-corrected chi connectivity index (χ4v) is 2.29. The van der Waals surface area contributed by atoms with Crippen molar-refractivity contribution in [1.82, 2.24) is 0 Å². The van der Waals surface area contributed by atoms with Crippen LogP contribution in [0.3, 0.4) is 0 Å². The highest BCUT2D eigenvalue weighted by atomic mass is 16.7. The van der Waals surface area contributed by atoms with Crippen LogP contribution in [-0.2, 0) is 9.53 Å². The van der Waals surface area contributed by atoms with Crippen LogP contribution >= 0.6 is 0 Å². The Kier molecular flexibility index (Phi) is 4.74. The number of amides is 1. The maximum absolute atomic E-state index is 12.2. The topological polar surface area (TPSA) is 83.1 Å². The molecule has 0 aromatic heterocycles. The van der Waals surface area contributed by atoms with Gasteiger partial charge in [-0.2, -0.15) is 0 Å². The number of nitrogens with one attached hydrogen (secondary N) is 1. The van der Waals surface area contributed by atoms with Crippen molar-refractivity contribution in [2.75, 3.05) is 19.2 Å². The molecule has 1 heterocycles. The highest BCUT2D eigenvalue weighted by Gasteiger charge is 2.22. The van der Waals surface area contributed by atoms with E-state index in [0.29, 0.717) is 22.9 Å². The Morgan fingerprint density at radius 2 is 1.88 bits per heavy atom. The molecule has 2 aromatic carbocycles. The SMILES string of the molecule is COc1ccccc1NC(=O)[C@@H](C)OC(=O)c1ccc2c(c1)OCO2. The van der Waals surface area contributed by atoms with Crippen LogP contribution in [0.1, 0.15) is 17.3 Å². The van der Waals surface area contributed by atoms with Crippen molar-refractivity contribution in [3.05, 3.63) is 48.0 Å². The minimum absolute atomic E-state index is 0.117. The number of carbonyl (C=O) groups is 2. The monoisotopic (exact) mass is 343 g/mol. The normalized spacial score (nSPS) is 13.0. The van der Waals surface area contributed by atoms with Gasteiger partial charge in [0.15, 0.2) is 17.6 Å². The summed E-state index contributed by atoms with van der Waals surface area (Å²) in [5.74, 6) is 0.476. The third-order valence-corrected chi connectivity index (χ3v) is 3.63. The molecule has 1 atom stereocenters. The van der Waals surface area contributed by atoms with Gasteiger partial charge in [0.25, 0.3) is 5.91 Å². The predicted octanol–water partition coefficient (Wildman–Crippen LogP) is 2.61. The summed E-state index contributed by atoms with van der Waals surface area (Å²) < 4.78 is 20.8. The molecular formula is C18H17NO6. The van der Waals surface area contributed by atoms with Gasteiger partial charge in [-0.15, -0.1) is 0 Å². The molecule has 1 aliphatic heterocycles. The minimum Gasteiger partial charge on any atom is -0.495 e. The zero-order valence-electron chi connectivity index (χ0n) is 13.8. The molecule has 0 bridgehead atoms. The molecular weight excluding hydrogens is 326 g/mol. The van der Waals surface area contributed by atoms with Crippen LogP contribution in [0.4, 0.5) is 5.69 Å². The number of benzene rings is 2. The van der Waals surface area contributed by atoms with Crippen molar-refractivity contribution >= 4 is 17.6 Å². The average Bonchev–Trinajstić information content (AvgIpc) is 3.09. The fourth-order valence-electron chi connectivity index (χ4n) is 2.29. The lowest BCUT2D eigenvalue weighted by Gasteiger charge is -2.15. The van der Waals surface area contributed by atoms with Gasteiger partial charge in [-0.25, -0.2) is 4.79 Å². The second kappa shape index (κ2) is 7.12. The molecule has 0 saturated heterocycles. The van der Waals surface area contributed by atoms with E-state index < -0.39 is 18.0 Å². The molecule has 7 nitrogen and oxygen atoms in total. The summed E-state index contributed by atoms with van der Waals surface area (Å²) in [6, 6.07) is 11.7. The van der Waals surface area contributed by atoms with Crippen molar-refractivity contribution < 1.29 is 28.5 Å². The molecule has 0 spiro atoms. The number of methoxy groups -OCH3 is 1. The Labute approximate surface area is 144 Å². The van der Waals surface area contributed by atoms with Crippen molar-refractivity contribution in [1.29, 1.82) is 0 Å². The summed E-state index contributed by atoms with van der Waals surface area (Å²) in [5.41, 5.74) is 0.780. The van der Waals surface area contributed by atoms with E-state index in [2.05, 4.69) is 5.32 Å². The Morgan fingerprint density at radius 3 is 2.68 bits per heavy atom. The molecule has 0 saturated carbocycles. The number of rotatable bonds is 5. The van der Waals surface area contributed by atoms with Crippen molar-refractivity contribution in [2.45, 2.75) is 13.0 Å². The van der Waals surface area contributed by atoms with E-state index in [1.54, 1.807) is 36.4 Å². The van der Waals surface area contributed by atoms with E-state index >= 15 is 0 Å². The number of fused-ring (bicyclic) bond motifs is 1. The van der Waals surface area contributed by atoms with E-state index in [-0.39, 0.29) is 12.4 Å². The van der Waals surface area contributed by atoms with E-state index in [0.717, 1.165) is 0 Å². The molecule has 130 valence electrons. The van der Waals surface area contributed by atoms with Gasteiger partial charge < -0.3 is 24.3 Å². The van der Waals surface area contributed by atoms with Crippen LogP contribution in [0.5, 0.6) is 17.2 Å². The van der Waals surface area contributed by atoms with E-state index in [1.165, 1.54) is 20.1 Å². The van der Waals surface area contributed by atoms with Gasteiger partial charge in [0.2, 0.25) is 6.79 Å². The molecule has 0 unspecified atom stereocenters. The zero-order chi connectivity index (χ0) is 17.8. The van der Waals surface area contributed by atoms with Gasteiger partial charge in [0, 0.05) is 0 Å². The molecule has 3 rings (SSSR count). The molecule has 7 heteroatoms. The highest BCUT2D eigenvalue weighted by molar-refractivity contribution is 5.98. The summed E-state index contributed by atoms with van der Waals surface area (Å²) in [5, 5.41) is 2.67. The lowest BCUT2D eigenvalue weighted by atomic mass is 10.2. The molecule has 25 heavy (non-hydrogen) atoms. The summed E-state index contributed by atoms with van der Waals surface area (Å²) in [4.78, 5) is 24.5. The average molecular weight is 343 g/mol. The minimum atomic E-state index is -0.983. The Bertz CT molecular complexity index is 804. The van der Waals surface area contributed by atoms with Crippen LogP contribution in [0, 0.1) is 0 Å². The number of ether oxygens (including phenoxy) is 4. The summed E-state index contributed by atoms with van der Waals surface area (Å²) in [6.45, 7) is 1.61. The van der Waals surface area contributed by atoms with Gasteiger partial charge in [0.05, 0.1) is 18.4 Å². The third kappa shape index (κ3) is 3.65. The lowest BCUT2D eigenvalue weighted by molar-refractivity contribution is -0.123. The number of hydrogen-bond acceptors (Lipinski definition) is 6. The lowest BCUT2D eigenvalue weighted by Crippen LogP contribution is -2.30. The quantitative estimate of drug-likeness (QED) is 0.840. The fraction of sp³-hybridized carbons (Fsp3) is 0.222. The second-order valence-corrected chi connectivity index (χ2v) is 5.31. The van der Waals surface area contributed by atoms with Gasteiger partial charge in [-0.1, -0.05) is 12.1 Å². The molecule has 1 amide bonds. The highest BCUT2D eigenvalue weighted by Crippen LogP contribution is 2.32. The largest absolute Gasteiger partial charge is 0.495 e. The predicted molar refractivity (Wildman–Crippen MR) is 89.1 cm³/mol. The number of hydrogen-bond donors (Lipinski definition) is 1. The Balaban J connectivity index is 1.64. The molecule has 2 aromatic rings. The molecule has 1 aliphatic rings. The van der Waals surface area contributed by atoms with Gasteiger partial charge in [-0.3, -0.25) is 4.79 Å². The Hall–Kier alpha value is -3.22. The first-order valence-corrected chi connectivity index (χ1v) is 7.63. The van der Waals surface area contributed by atoms with Gasteiger partial charge >= 0.3 is 5.97 Å². The first kappa shape index (κ1) is 16.6. The first-order chi connectivity index (χ1) is 12.1. The van der Waals surface area contributed by atoms with Crippen molar-refractivity contribution in [3.8, 4) is 17.2 Å².